The predicted molar refractivity (Wildman–Crippen MR) is 247 cm³/mol. The molecule has 0 aliphatic rings. The molecule has 14 heteroatoms. The second-order valence-corrected chi connectivity index (χ2v) is 27.0. The first-order chi connectivity index (χ1) is 29.4. The Morgan fingerprint density at radius 1 is 0.609 bits per heavy atom. The zero-order valence-corrected chi connectivity index (χ0v) is 41.5. The molecule has 0 fully saturated rings. The van der Waals surface area contributed by atoms with Gasteiger partial charge in [0.2, 0.25) is 11.7 Å². The molecular weight excluding hydrogens is 927 g/mol. The Hall–Kier alpha value is -4.42. The summed E-state index contributed by atoms with van der Waals surface area (Å²) >= 11 is 0. The summed E-state index contributed by atoms with van der Waals surface area (Å²) in [7, 11) is -6.78. The molecule has 2 amide bonds. The first-order valence-corrected chi connectivity index (χ1v) is 25.1. The molecule has 0 aromatic heterocycles. The third-order valence-electron chi connectivity index (χ3n) is 11.2. The normalized spacial score (nSPS) is 13.9. The van der Waals surface area contributed by atoms with Crippen LogP contribution in [0.4, 0.5) is 26.7 Å². The number of rotatable bonds is 14. The summed E-state index contributed by atoms with van der Waals surface area (Å²) in [4.78, 5) is 28.3. The minimum absolute atomic E-state index is 0. The zero-order chi connectivity index (χ0) is 46.5. The minimum atomic E-state index is -3.40. The van der Waals surface area contributed by atoms with Crippen molar-refractivity contribution in [1.82, 2.24) is 10.6 Å². The van der Waals surface area contributed by atoms with E-state index in [1.165, 1.54) is 0 Å². The van der Waals surface area contributed by atoms with Gasteiger partial charge in [-0.25, -0.2) is 26.7 Å². The fourth-order valence-electron chi connectivity index (χ4n) is 8.16. The van der Waals surface area contributed by atoms with Gasteiger partial charge >= 0.3 is 6.09 Å². The van der Waals surface area contributed by atoms with E-state index in [0.29, 0.717) is 10.6 Å². The van der Waals surface area contributed by atoms with E-state index >= 15 is 17.6 Å². The highest BCUT2D eigenvalue weighted by Gasteiger charge is 2.54. The Labute approximate surface area is 387 Å². The molecule has 2 N–H and O–H groups in total. The number of hydrogen-bond donors (Lipinski definition) is 2. The molecule has 0 radical (unpaired) electrons. The summed E-state index contributed by atoms with van der Waals surface area (Å²) in [6, 6.07) is 35.2. The van der Waals surface area contributed by atoms with Gasteiger partial charge in [-0.05, 0) is 72.8 Å². The van der Waals surface area contributed by atoms with Crippen molar-refractivity contribution in [2.24, 2.45) is 5.41 Å². The van der Waals surface area contributed by atoms with Gasteiger partial charge in [-0.3, -0.25) is 4.79 Å². The van der Waals surface area contributed by atoms with Crippen molar-refractivity contribution < 1.29 is 57.7 Å². The summed E-state index contributed by atoms with van der Waals surface area (Å²) in [5, 5.41) is 8.57. The molecule has 0 saturated carbocycles. The number of alkyl carbamates (subject to hydrolysis) is 1. The highest BCUT2D eigenvalue weighted by atomic mass is 79.9. The lowest BCUT2D eigenvalue weighted by Gasteiger charge is -2.46. The molecule has 0 spiro atoms. The van der Waals surface area contributed by atoms with E-state index in [4.69, 9.17) is 9.16 Å². The average molecular weight is 986 g/mol. The standard InChI is InChI=1S/C50H58F5N2O4PSi.BrH/c1-33(61-63(50(8,9)10,36-27-19-13-20-28-36)37-29-21-14-22-30-37)39(56-46(58)45(48(2,3)4)57-47(59)60-49(5,6)7)32-62(34-23-15-11-16-24-34,35-25-17-12-18-26-35)31-38-40(51)42(53)44(55)43(54)41(38)52;/h11-30,33,39,45H,31-32H2,1-10H3,(H-,56,57,58,59);1H/t33-,39-,45-;/m1./s1. The summed E-state index contributed by atoms with van der Waals surface area (Å²) in [5.41, 5.74) is -2.70. The van der Waals surface area contributed by atoms with Crippen LogP contribution < -0.4 is 48.6 Å². The lowest BCUT2D eigenvalue weighted by molar-refractivity contribution is -0.126. The molecule has 0 saturated heterocycles. The van der Waals surface area contributed by atoms with Crippen molar-refractivity contribution in [2.45, 2.75) is 104 Å². The van der Waals surface area contributed by atoms with Crippen molar-refractivity contribution in [3.05, 3.63) is 156 Å². The monoisotopic (exact) mass is 984 g/mol. The van der Waals surface area contributed by atoms with Gasteiger partial charge in [-0.15, -0.1) is 0 Å². The van der Waals surface area contributed by atoms with Crippen LogP contribution in [0.2, 0.25) is 5.04 Å². The van der Waals surface area contributed by atoms with Gasteiger partial charge in [-0.1, -0.05) is 139 Å². The van der Waals surface area contributed by atoms with Crippen LogP contribution in [-0.2, 0) is 20.1 Å². The third-order valence-corrected chi connectivity index (χ3v) is 20.8. The molecule has 5 aromatic carbocycles. The van der Waals surface area contributed by atoms with Crippen LogP contribution in [0.5, 0.6) is 0 Å². The number of halogens is 6. The zero-order valence-electron chi connectivity index (χ0n) is 38.0. The highest BCUT2D eigenvalue weighted by molar-refractivity contribution is 7.88. The lowest BCUT2D eigenvalue weighted by Crippen LogP contribution is -3.00. The van der Waals surface area contributed by atoms with E-state index in [9.17, 15) is 14.0 Å². The molecule has 0 heterocycles. The molecule has 64 heavy (non-hydrogen) atoms. The number of carbonyl (C=O) groups is 2. The average Bonchev–Trinajstić information content (AvgIpc) is 3.23. The third kappa shape index (κ3) is 11.5. The van der Waals surface area contributed by atoms with Gasteiger partial charge in [0.25, 0.3) is 8.32 Å². The first-order valence-electron chi connectivity index (χ1n) is 21.0. The van der Waals surface area contributed by atoms with Crippen molar-refractivity contribution >= 4 is 48.6 Å². The van der Waals surface area contributed by atoms with Gasteiger partial charge < -0.3 is 36.8 Å². The number of amides is 2. The van der Waals surface area contributed by atoms with Crippen LogP contribution in [-0.4, -0.2) is 50.3 Å². The SMILES string of the molecule is C[C@@H](O[Si](c1ccccc1)(c1ccccc1)C(C)(C)C)[C@@H](C[P+](Cc1c(F)c(F)c(F)c(F)c1F)(c1ccccc1)c1ccccc1)NC(=O)[C@@H](NC(=O)OC(C)(C)C)C(C)(C)C.[Br-]. The van der Waals surface area contributed by atoms with Crippen LogP contribution in [0, 0.1) is 34.5 Å². The van der Waals surface area contributed by atoms with Crippen molar-refractivity contribution in [2.75, 3.05) is 6.16 Å². The number of benzene rings is 5. The Balaban J connectivity index is 0.00000898. The number of hydrogen-bond acceptors (Lipinski definition) is 4. The van der Waals surface area contributed by atoms with Crippen molar-refractivity contribution in [3.8, 4) is 0 Å². The molecule has 3 atom stereocenters. The van der Waals surface area contributed by atoms with Crippen LogP contribution in [0.1, 0.15) is 74.8 Å². The first kappa shape index (κ1) is 52.2. The molecule has 0 aliphatic carbocycles. The maximum Gasteiger partial charge on any atom is 0.408 e. The predicted octanol–water partition coefficient (Wildman–Crippen LogP) is 6.94. The topological polar surface area (TPSA) is 76.7 Å². The molecule has 6 nitrogen and oxygen atoms in total. The van der Waals surface area contributed by atoms with Crippen LogP contribution in [0.15, 0.2) is 121 Å². The minimum Gasteiger partial charge on any atom is -1.00 e. The number of nitrogens with one attached hydrogen (secondary N) is 2. The second-order valence-electron chi connectivity index (χ2n) is 19.1. The van der Waals surface area contributed by atoms with Gasteiger partial charge in [0, 0.05) is 0 Å². The van der Waals surface area contributed by atoms with Gasteiger partial charge in [-0.2, -0.15) is 0 Å². The molecule has 0 aliphatic heterocycles. The van der Waals surface area contributed by atoms with Crippen LogP contribution >= 0.6 is 7.26 Å². The fraction of sp³-hybridized carbons (Fsp3) is 0.360. The number of carbonyl (C=O) groups excluding carboxylic acids is 2. The Morgan fingerprint density at radius 3 is 1.38 bits per heavy atom. The summed E-state index contributed by atoms with van der Waals surface area (Å²) < 4.78 is 90.1. The lowest BCUT2D eigenvalue weighted by atomic mass is 9.86. The molecule has 5 aromatic rings. The molecule has 0 unspecified atom stereocenters. The fourth-order valence-corrected chi connectivity index (χ4v) is 17.5. The molecular formula is C50H59BrF5N2O4PSi. The maximum atomic E-state index is 16.0. The van der Waals surface area contributed by atoms with E-state index in [1.807, 2.05) is 67.6 Å². The van der Waals surface area contributed by atoms with E-state index < -0.39 is 103 Å². The Kier molecular flexibility index (Phi) is 17.0. The quantitative estimate of drug-likeness (QED) is 0.0416. The largest absolute Gasteiger partial charge is 1.00 e. The second kappa shape index (κ2) is 20.8. The van der Waals surface area contributed by atoms with E-state index in [2.05, 4.69) is 31.4 Å². The summed E-state index contributed by atoms with van der Waals surface area (Å²) in [6.07, 6.45) is -2.34. The summed E-state index contributed by atoms with van der Waals surface area (Å²) in [5.74, 6) is -10.8. The number of ether oxygens (including phenoxy) is 1. The van der Waals surface area contributed by atoms with Crippen LogP contribution in [0.25, 0.3) is 0 Å². The van der Waals surface area contributed by atoms with Gasteiger partial charge in [0.05, 0.1) is 47.9 Å². The molecule has 344 valence electrons. The van der Waals surface area contributed by atoms with E-state index in [-0.39, 0.29) is 23.1 Å². The molecule has 0 bridgehead atoms. The van der Waals surface area contributed by atoms with Gasteiger partial charge in [0.1, 0.15) is 11.6 Å². The van der Waals surface area contributed by atoms with Crippen LogP contribution in [0.3, 0.4) is 0 Å². The van der Waals surface area contributed by atoms with E-state index in [0.717, 1.165) is 10.4 Å². The van der Waals surface area contributed by atoms with E-state index in [1.54, 1.807) is 102 Å². The smallest absolute Gasteiger partial charge is 0.408 e. The van der Waals surface area contributed by atoms with Gasteiger partial charge in [0.15, 0.2) is 23.3 Å². The maximum absolute atomic E-state index is 16.0. The Morgan fingerprint density at radius 2 is 1.00 bits per heavy atom. The van der Waals surface area contributed by atoms with Crippen molar-refractivity contribution in [3.63, 3.8) is 0 Å². The molecule has 5 rings (SSSR count). The summed E-state index contributed by atoms with van der Waals surface area (Å²) in [6.45, 7) is 18.7. The Bertz CT molecular complexity index is 2240. The highest BCUT2D eigenvalue weighted by Crippen LogP contribution is 2.61. The van der Waals surface area contributed by atoms with Crippen molar-refractivity contribution in [1.29, 1.82) is 0 Å².